The predicted octanol–water partition coefficient (Wildman–Crippen LogP) is 2.95. The zero-order chi connectivity index (χ0) is 15.9. The maximum Gasteiger partial charge on any atom is 0.319 e. The lowest BCUT2D eigenvalue weighted by molar-refractivity contribution is 0.251. The average molecular weight is 294 g/mol. The van der Waals surface area contributed by atoms with Gasteiger partial charge < -0.3 is 15.5 Å². The number of nitrogens with one attached hydrogen (secondary N) is 2. The molecule has 5 nitrogen and oxygen atoms in total. The Kier molecular flexibility index (Phi) is 4.99. The van der Waals surface area contributed by atoms with E-state index in [0.717, 1.165) is 16.9 Å². The molecule has 0 saturated heterocycles. The molecule has 0 aliphatic rings. The normalized spacial score (nSPS) is 9.68. The van der Waals surface area contributed by atoms with Crippen molar-refractivity contribution in [1.29, 1.82) is 5.26 Å². The number of rotatable bonds is 4. The Morgan fingerprint density at radius 1 is 1.18 bits per heavy atom. The van der Waals surface area contributed by atoms with Crippen LogP contribution in [0.25, 0.3) is 0 Å². The first kappa shape index (κ1) is 15.4. The van der Waals surface area contributed by atoms with Crippen LogP contribution in [-0.4, -0.2) is 20.1 Å². The molecule has 0 radical (unpaired) electrons. The monoisotopic (exact) mass is 294 g/mol. The van der Waals surface area contributed by atoms with Crippen LogP contribution >= 0.6 is 0 Å². The van der Waals surface area contributed by atoms with Gasteiger partial charge in [0.15, 0.2) is 0 Å². The number of amides is 2. The van der Waals surface area contributed by atoms with Crippen LogP contribution in [0.2, 0.25) is 0 Å². The minimum atomic E-state index is -0.281. The molecule has 5 heteroatoms. The molecule has 0 spiro atoms. The Hall–Kier alpha value is -3.00. The maximum atomic E-state index is 12.0. The summed E-state index contributed by atoms with van der Waals surface area (Å²) < 4.78 is 0. The van der Waals surface area contributed by atoms with Crippen LogP contribution in [0, 0.1) is 11.3 Å². The first-order chi connectivity index (χ1) is 10.6. The van der Waals surface area contributed by atoms with Gasteiger partial charge in [-0.3, -0.25) is 0 Å². The third-order valence-electron chi connectivity index (χ3n) is 3.14. The van der Waals surface area contributed by atoms with Crippen LogP contribution in [-0.2, 0) is 6.54 Å². The third-order valence-corrected chi connectivity index (χ3v) is 3.14. The fourth-order valence-corrected chi connectivity index (χ4v) is 2.07. The van der Waals surface area contributed by atoms with Crippen molar-refractivity contribution in [1.82, 2.24) is 5.32 Å². The Morgan fingerprint density at radius 2 is 1.95 bits per heavy atom. The lowest BCUT2D eigenvalue weighted by Gasteiger charge is -2.18. The molecule has 0 aliphatic heterocycles. The number of carbonyl (C=O) groups excluding carboxylic acids is 1. The molecule has 2 rings (SSSR count). The van der Waals surface area contributed by atoms with Gasteiger partial charge in [0.1, 0.15) is 0 Å². The van der Waals surface area contributed by atoms with E-state index >= 15 is 0 Å². The van der Waals surface area contributed by atoms with Gasteiger partial charge in [0.05, 0.1) is 23.0 Å². The fourth-order valence-electron chi connectivity index (χ4n) is 2.07. The lowest BCUT2D eigenvalue weighted by atomic mass is 10.1. The number of anilines is 2. The molecule has 0 atom stereocenters. The molecule has 2 aromatic rings. The summed E-state index contributed by atoms with van der Waals surface area (Å²) in [5.74, 6) is 0. The predicted molar refractivity (Wildman–Crippen MR) is 87.8 cm³/mol. The highest BCUT2D eigenvalue weighted by atomic mass is 16.2. The van der Waals surface area contributed by atoms with E-state index < -0.39 is 0 Å². The van der Waals surface area contributed by atoms with Crippen molar-refractivity contribution < 1.29 is 4.79 Å². The maximum absolute atomic E-state index is 12.0. The van der Waals surface area contributed by atoms with Gasteiger partial charge >= 0.3 is 6.03 Å². The molecule has 2 aromatic carbocycles. The van der Waals surface area contributed by atoms with Crippen LogP contribution in [0.15, 0.2) is 48.5 Å². The van der Waals surface area contributed by atoms with Gasteiger partial charge in [0.25, 0.3) is 0 Å². The Morgan fingerprint density at radius 3 is 2.68 bits per heavy atom. The van der Waals surface area contributed by atoms with Crippen molar-refractivity contribution in [3.63, 3.8) is 0 Å². The minimum Gasteiger partial charge on any atom is -0.376 e. The Balaban J connectivity index is 1.98. The molecule has 0 bridgehead atoms. The first-order valence-electron chi connectivity index (χ1n) is 6.90. The summed E-state index contributed by atoms with van der Waals surface area (Å²) in [6.45, 7) is 0.367. The van der Waals surface area contributed by atoms with Crippen molar-refractivity contribution >= 4 is 17.4 Å². The van der Waals surface area contributed by atoms with E-state index in [0.29, 0.717) is 12.1 Å². The van der Waals surface area contributed by atoms with Gasteiger partial charge in [-0.15, -0.1) is 0 Å². The zero-order valence-corrected chi connectivity index (χ0v) is 12.6. The Bertz CT molecular complexity index is 704. The van der Waals surface area contributed by atoms with Gasteiger partial charge in [-0.05, 0) is 29.8 Å². The SMILES string of the molecule is CN(C)c1ccccc1NC(=O)NCc1cccc(C#N)c1. The van der Waals surface area contributed by atoms with Gasteiger partial charge in [-0.25, -0.2) is 4.79 Å². The first-order valence-corrected chi connectivity index (χ1v) is 6.90. The molecule has 0 saturated carbocycles. The summed E-state index contributed by atoms with van der Waals surface area (Å²) in [7, 11) is 3.84. The third kappa shape index (κ3) is 4.00. The summed E-state index contributed by atoms with van der Waals surface area (Å²) in [6.07, 6.45) is 0. The van der Waals surface area contributed by atoms with Gasteiger partial charge in [0.2, 0.25) is 0 Å². The highest BCUT2D eigenvalue weighted by molar-refractivity contribution is 5.93. The van der Waals surface area contributed by atoms with Crippen molar-refractivity contribution in [3.05, 3.63) is 59.7 Å². The number of nitriles is 1. The number of nitrogens with zero attached hydrogens (tertiary/aromatic N) is 2. The smallest absolute Gasteiger partial charge is 0.319 e. The molecular weight excluding hydrogens is 276 g/mol. The second-order valence-corrected chi connectivity index (χ2v) is 5.03. The molecule has 0 aliphatic carbocycles. The van der Waals surface area contributed by atoms with E-state index in [4.69, 9.17) is 5.26 Å². The second kappa shape index (κ2) is 7.14. The number of hydrogen-bond donors (Lipinski definition) is 2. The van der Waals surface area contributed by atoms with Crippen molar-refractivity contribution in [2.24, 2.45) is 0 Å². The molecule has 0 fully saturated rings. The summed E-state index contributed by atoms with van der Waals surface area (Å²) in [5.41, 5.74) is 3.15. The quantitative estimate of drug-likeness (QED) is 0.911. The zero-order valence-electron chi connectivity index (χ0n) is 12.6. The second-order valence-electron chi connectivity index (χ2n) is 5.03. The van der Waals surface area contributed by atoms with Crippen LogP contribution in [0.4, 0.5) is 16.2 Å². The van der Waals surface area contributed by atoms with Gasteiger partial charge in [-0.2, -0.15) is 5.26 Å². The van der Waals surface area contributed by atoms with E-state index in [1.54, 1.807) is 18.2 Å². The number of hydrogen-bond acceptors (Lipinski definition) is 3. The van der Waals surface area contributed by atoms with Crippen molar-refractivity contribution in [2.75, 3.05) is 24.3 Å². The number of urea groups is 1. The molecule has 0 heterocycles. The summed E-state index contributed by atoms with van der Waals surface area (Å²) >= 11 is 0. The molecule has 112 valence electrons. The van der Waals surface area contributed by atoms with Crippen LogP contribution in [0.3, 0.4) is 0 Å². The topological polar surface area (TPSA) is 68.2 Å². The largest absolute Gasteiger partial charge is 0.376 e. The van der Waals surface area contributed by atoms with Crippen molar-refractivity contribution in [2.45, 2.75) is 6.54 Å². The highest BCUT2D eigenvalue weighted by Gasteiger charge is 2.07. The highest BCUT2D eigenvalue weighted by Crippen LogP contribution is 2.23. The average Bonchev–Trinajstić information content (AvgIpc) is 2.53. The fraction of sp³-hybridized carbons (Fsp3) is 0.176. The molecule has 22 heavy (non-hydrogen) atoms. The standard InChI is InChI=1S/C17H18N4O/c1-21(2)16-9-4-3-8-15(16)20-17(22)19-12-14-7-5-6-13(10-14)11-18/h3-10H,12H2,1-2H3,(H2,19,20,22). The molecule has 0 aromatic heterocycles. The van der Waals surface area contributed by atoms with Crippen molar-refractivity contribution in [3.8, 4) is 6.07 Å². The van der Waals surface area contributed by atoms with Gasteiger partial charge in [0, 0.05) is 20.6 Å². The van der Waals surface area contributed by atoms with Crippen LogP contribution < -0.4 is 15.5 Å². The van der Waals surface area contributed by atoms with E-state index in [-0.39, 0.29) is 6.03 Å². The number of carbonyl (C=O) groups is 1. The van der Waals surface area contributed by atoms with Gasteiger partial charge in [-0.1, -0.05) is 24.3 Å². The minimum absolute atomic E-state index is 0.281. The number of para-hydroxylation sites is 2. The summed E-state index contributed by atoms with van der Waals surface area (Å²) in [5, 5.41) is 14.5. The van der Waals surface area contributed by atoms with E-state index in [1.807, 2.05) is 49.3 Å². The lowest BCUT2D eigenvalue weighted by Crippen LogP contribution is -2.29. The van der Waals surface area contributed by atoms with Crippen LogP contribution in [0.1, 0.15) is 11.1 Å². The Labute approximate surface area is 130 Å². The van der Waals surface area contributed by atoms with E-state index in [1.165, 1.54) is 0 Å². The summed E-state index contributed by atoms with van der Waals surface area (Å²) in [4.78, 5) is 13.9. The molecule has 2 amide bonds. The van der Waals surface area contributed by atoms with E-state index in [9.17, 15) is 4.79 Å². The summed E-state index contributed by atoms with van der Waals surface area (Å²) in [6, 6.07) is 16.5. The van der Waals surface area contributed by atoms with E-state index in [2.05, 4.69) is 16.7 Å². The van der Waals surface area contributed by atoms with Crippen LogP contribution in [0.5, 0.6) is 0 Å². The number of benzene rings is 2. The molecular formula is C17H18N4O. The molecule has 0 unspecified atom stereocenters. The molecule has 2 N–H and O–H groups in total.